The third-order valence-electron chi connectivity index (χ3n) is 3.92. The van der Waals surface area contributed by atoms with E-state index < -0.39 is 11.9 Å². The molecule has 0 aliphatic heterocycles. The minimum Gasteiger partial charge on any atom is -0.464 e. The molecular formula is C18H17NO4. The molecule has 3 rings (SSSR count). The van der Waals surface area contributed by atoms with Crippen molar-refractivity contribution in [2.24, 2.45) is 0 Å². The van der Waals surface area contributed by atoms with E-state index in [9.17, 15) is 9.59 Å². The lowest BCUT2D eigenvalue weighted by molar-refractivity contribution is 0.0249. The van der Waals surface area contributed by atoms with Gasteiger partial charge in [-0.1, -0.05) is 30.3 Å². The third-order valence-corrected chi connectivity index (χ3v) is 3.92. The Morgan fingerprint density at radius 2 is 1.78 bits per heavy atom. The molecule has 1 aromatic carbocycles. The quantitative estimate of drug-likeness (QED) is 0.815. The lowest BCUT2D eigenvalue weighted by atomic mass is 9.89. The van der Waals surface area contributed by atoms with Gasteiger partial charge >= 0.3 is 11.9 Å². The zero-order valence-electron chi connectivity index (χ0n) is 12.8. The van der Waals surface area contributed by atoms with Crippen LogP contribution in [0.1, 0.15) is 51.0 Å². The zero-order chi connectivity index (χ0) is 16.2. The van der Waals surface area contributed by atoms with E-state index in [1.165, 1.54) is 24.8 Å². The number of aryl methyl sites for hydroxylation is 1. The molecule has 1 aliphatic rings. The highest BCUT2D eigenvalue weighted by Crippen LogP contribution is 2.32. The smallest absolute Gasteiger partial charge is 0.357 e. The summed E-state index contributed by atoms with van der Waals surface area (Å²) in [6.45, 7) is 0. The van der Waals surface area contributed by atoms with Crippen molar-refractivity contribution in [1.82, 2.24) is 4.98 Å². The van der Waals surface area contributed by atoms with Crippen LogP contribution in [0.2, 0.25) is 0 Å². The number of rotatable bonds is 3. The first-order valence-corrected chi connectivity index (χ1v) is 7.53. The normalized spacial score (nSPS) is 16.3. The van der Waals surface area contributed by atoms with Crippen LogP contribution in [0.4, 0.5) is 0 Å². The standard InChI is InChI=1S/C18H17NO4/c1-22-17(20)14-9-5-10-15(19-14)18(21)23-16-11-4-7-12-6-2-3-8-13(12)16/h2-3,5-6,8-10,16H,4,7,11H2,1H3/t16-/m0/s1. The van der Waals surface area contributed by atoms with Crippen molar-refractivity contribution in [2.75, 3.05) is 7.11 Å². The number of ether oxygens (including phenoxy) is 2. The van der Waals surface area contributed by atoms with E-state index in [0.717, 1.165) is 24.8 Å². The van der Waals surface area contributed by atoms with Gasteiger partial charge in [-0.05, 0) is 42.5 Å². The lowest BCUT2D eigenvalue weighted by Crippen LogP contribution is -2.18. The van der Waals surface area contributed by atoms with Gasteiger partial charge in [-0.3, -0.25) is 0 Å². The first-order chi connectivity index (χ1) is 11.2. The van der Waals surface area contributed by atoms with Crippen LogP contribution >= 0.6 is 0 Å². The van der Waals surface area contributed by atoms with Crippen molar-refractivity contribution in [3.05, 3.63) is 65.0 Å². The Bertz CT molecular complexity index is 741. The molecule has 23 heavy (non-hydrogen) atoms. The molecule has 5 nitrogen and oxygen atoms in total. The van der Waals surface area contributed by atoms with Crippen LogP contribution in [-0.4, -0.2) is 24.0 Å². The number of fused-ring (bicyclic) bond motifs is 1. The van der Waals surface area contributed by atoms with Crippen molar-refractivity contribution in [2.45, 2.75) is 25.4 Å². The Labute approximate surface area is 134 Å². The summed E-state index contributed by atoms with van der Waals surface area (Å²) in [5.74, 6) is -1.11. The van der Waals surface area contributed by atoms with E-state index >= 15 is 0 Å². The van der Waals surface area contributed by atoms with Gasteiger partial charge in [0.1, 0.15) is 17.5 Å². The minimum atomic E-state index is -0.581. The number of pyridine rings is 1. The van der Waals surface area contributed by atoms with Crippen LogP contribution in [0.5, 0.6) is 0 Å². The van der Waals surface area contributed by atoms with E-state index in [0.29, 0.717) is 0 Å². The van der Waals surface area contributed by atoms with E-state index in [-0.39, 0.29) is 17.5 Å². The second-order valence-corrected chi connectivity index (χ2v) is 5.38. The topological polar surface area (TPSA) is 65.5 Å². The second-order valence-electron chi connectivity index (χ2n) is 5.38. The molecule has 0 saturated heterocycles. The Morgan fingerprint density at radius 3 is 2.57 bits per heavy atom. The number of aromatic nitrogens is 1. The molecular weight excluding hydrogens is 294 g/mol. The number of nitrogens with zero attached hydrogens (tertiary/aromatic N) is 1. The first-order valence-electron chi connectivity index (χ1n) is 7.53. The van der Waals surface area contributed by atoms with Gasteiger partial charge in [0.05, 0.1) is 7.11 Å². The van der Waals surface area contributed by atoms with E-state index in [1.807, 2.05) is 18.2 Å². The number of carbonyl (C=O) groups excluding carboxylic acids is 2. The van der Waals surface area contributed by atoms with Gasteiger partial charge < -0.3 is 9.47 Å². The highest BCUT2D eigenvalue weighted by Gasteiger charge is 2.24. The maximum Gasteiger partial charge on any atom is 0.357 e. The van der Waals surface area contributed by atoms with Gasteiger partial charge in [-0.25, -0.2) is 14.6 Å². The molecule has 0 N–H and O–H groups in total. The van der Waals surface area contributed by atoms with Crippen molar-refractivity contribution in [3.63, 3.8) is 0 Å². The predicted octanol–water partition coefficient (Wildman–Crippen LogP) is 3.10. The summed E-state index contributed by atoms with van der Waals surface area (Å²) in [5, 5.41) is 0. The molecule has 2 aromatic rings. The lowest BCUT2D eigenvalue weighted by Gasteiger charge is -2.25. The number of methoxy groups -OCH3 is 1. The summed E-state index contributed by atoms with van der Waals surface area (Å²) in [7, 11) is 1.27. The third kappa shape index (κ3) is 3.23. The molecule has 118 valence electrons. The van der Waals surface area contributed by atoms with Crippen LogP contribution < -0.4 is 0 Å². The van der Waals surface area contributed by atoms with Crippen LogP contribution in [0.25, 0.3) is 0 Å². The highest BCUT2D eigenvalue weighted by molar-refractivity contribution is 5.91. The predicted molar refractivity (Wildman–Crippen MR) is 83.1 cm³/mol. The van der Waals surface area contributed by atoms with Gasteiger partial charge in [0.25, 0.3) is 0 Å². The Balaban J connectivity index is 1.79. The van der Waals surface area contributed by atoms with Gasteiger partial charge in [-0.15, -0.1) is 0 Å². The second kappa shape index (κ2) is 6.60. The molecule has 1 aliphatic carbocycles. The molecule has 1 atom stereocenters. The molecule has 0 saturated carbocycles. The number of hydrogen-bond donors (Lipinski definition) is 0. The summed E-state index contributed by atoms with van der Waals surface area (Å²) >= 11 is 0. The fourth-order valence-electron chi connectivity index (χ4n) is 2.79. The molecule has 5 heteroatoms. The summed E-state index contributed by atoms with van der Waals surface area (Å²) in [4.78, 5) is 27.9. The maximum atomic E-state index is 12.3. The molecule has 0 fully saturated rings. The van der Waals surface area contributed by atoms with Crippen molar-refractivity contribution < 1.29 is 19.1 Å². The van der Waals surface area contributed by atoms with Crippen LogP contribution in [-0.2, 0) is 15.9 Å². The Kier molecular flexibility index (Phi) is 4.37. The van der Waals surface area contributed by atoms with Crippen molar-refractivity contribution >= 4 is 11.9 Å². The minimum absolute atomic E-state index is 0.0889. The highest BCUT2D eigenvalue weighted by atomic mass is 16.5. The fraction of sp³-hybridized carbons (Fsp3) is 0.278. The Morgan fingerprint density at radius 1 is 1.04 bits per heavy atom. The zero-order valence-corrected chi connectivity index (χ0v) is 12.8. The average molecular weight is 311 g/mol. The van der Waals surface area contributed by atoms with Gasteiger partial charge in [0.2, 0.25) is 0 Å². The summed E-state index contributed by atoms with van der Waals surface area (Å²) < 4.78 is 10.2. The van der Waals surface area contributed by atoms with Crippen LogP contribution in [0.15, 0.2) is 42.5 Å². The van der Waals surface area contributed by atoms with Crippen LogP contribution in [0.3, 0.4) is 0 Å². The number of hydrogen-bond acceptors (Lipinski definition) is 5. The van der Waals surface area contributed by atoms with Gasteiger partial charge in [-0.2, -0.15) is 0 Å². The maximum absolute atomic E-state index is 12.3. The van der Waals surface area contributed by atoms with E-state index in [1.54, 1.807) is 6.07 Å². The van der Waals surface area contributed by atoms with Gasteiger partial charge in [0, 0.05) is 0 Å². The van der Waals surface area contributed by atoms with Crippen molar-refractivity contribution in [1.29, 1.82) is 0 Å². The fourth-order valence-corrected chi connectivity index (χ4v) is 2.79. The van der Waals surface area contributed by atoms with Gasteiger partial charge in [0.15, 0.2) is 0 Å². The molecule has 0 radical (unpaired) electrons. The average Bonchev–Trinajstić information content (AvgIpc) is 2.61. The molecule has 1 aromatic heterocycles. The number of carbonyl (C=O) groups is 2. The Hall–Kier alpha value is -2.69. The van der Waals surface area contributed by atoms with Crippen molar-refractivity contribution in [3.8, 4) is 0 Å². The molecule has 0 bridgehead atoms. The SMILES string of the molecule is COC(=O)c1cccc(C(=O)O[C@H]2CCCc3ccccc32)n1. The largest absolute Gasteiger partial charge is 0.464 e. The monoisotopic (exact) mass is 311 g/mol. The summed E-state index contributed by atoms with van der Waals surface area (Å²) in [6.07, 6.45) is 2.50. The summed E-state index contributed by atoms with van der Waals surface area (Å²) in [6, 6.07) is 12.6. The molecule has 0 unspecified atom stereocenters. The van der Waals surface area contributed by atoms with Crippen LogP contribution in [0, 0.1) is 0 Å². The molecule has 0 spiro atoms. The summed E-state index contributed by atoms with van der Waals surface area (Å²) in [5.41, 5.74) is 2.46. The molecule has 0 amide bonds. The van der Waals surface area contributed by atoms with E-state index in [4.69, 9.17) is 4.74 Å². The molecule has 1 heterocycles. The number of benzene rings is 1. The number of esters is 2. The van der Waals surface area contributed by atoms with E-state index in [2.05, 4.69) is 15.8 Å². The first kappa shape index (κ1) is 15.2.